The van der Waals surface area contributed by atoms with E-state index in [2.05, 4.69) is 11.4 Å². The summed E-state index contributed by atoms with van der Waals surface area (Å²) in [6, 6.07) is 2.15. The van der Waals surface area contributed by atoms with Crippen LogP contribution in [0, 0.1) is 16.7 Å². The Hall–Kier alpha value is -1.61. The Bertz CT molecular complexity index is 404. The van der Waals surface area contributed by atoms with Crippen molar-refractivity contribution in [2.24, 2.45) is 5.41 Å². The van der Waals surface area contributed by atoms with Crippen LogP contribution in [0.25, 0.3) is 0 Å². The largest absolute Gasteiger partial charge is 0.378 e. The second-order valence-corrected chi connectivity index (χ2v) is 5.40. The van der Waals surface area contributed by atoms with Crippen molar-refractivity contribution in [3.63, 3.8) is 0 Å². The van der Waals surface area contributed by atoms with E-state index < -0.39 is 5.41 Å². The second kappa shape index (κ2) is 6.71. The summed E-state index contributed by atoms with van der Waals surface area (Å²) < 4.78 is 5.19. The Balaban J connectivity index is 1.73. The summed E-state index contributed by atoms with van der Waals surface area (Å²) in [4.78, 5) is 25.7. The fourth-order valence-electron chi connectivity index (χ4n) is 2.79. The zero-order valence-corrected chi connectivity index (χ0v) is 11.7. The van der Waals surface area contributed by atoms with E-state index in [1.165, 1.54) is 0 Å². The number of ether oxygens (including phenoxy) is 1. The van der Waals surface area contributed by atoms with Gasteiger partial charge in [0.2, 0.25) is 11.8 Å². The number of amides is 2. The van der Waals surface area contributed by atoms with Gasteiger partial charge in [-0.25, -0.2) is 0 Å². The van der Waals surface area contributed by atoms with Gasteiger partial charge in [0.05, 0.1) is 19.3 Å². The molecule has 0 bridgehead atoms. The van der Waals surface area contributed by atoms with E-state index in [-0.39, 0.29) is 18.2 Å². The molecule has 2 amide bonds. The first-order chi connectivity index (χ1) is 9.68. The highest BCUT2D eigenvalue weighted by Crippen LogP contribution is 2.37. The fourth-order valence-corrected chi connectivity index (χ4v) is 2.79. The number of nitrogens with one attached hydrogen (secondary N) is 1. The standard InChI is InChI=1S/C14H21N3O3/c15-11-14(4-1-2-5-14)13(19)16-6-3-12(18)17-7-9-20-10-8-17/h1-10H2,(H,16,19). The quantitative estimate of drug-likeness (QED) is 0.809. The van der Waals surface area contributed by atoms with Gasteiger partial charge in [0, 0.05) is 26.1 Å². The summed E-state index contributed by atoms with van der Waals surface area (Å²) in [6.07, 6.45) is 3.40. The van der Waals surface area contributed by atoms with Gasteiger partial charge in [0.15, 0.2) is 0 Å². The lowest BCUT2D eigenvalue weighted by Crippen LogP contribution is -2.43. The molecule has 1 aliphatic heterocycles. The third-order valence-corrected chi connectivity index (χ3v) is 4.09. The Labute approximate surface area is 119 Å². The van der Waals surface area contributed by atoms with Crippen LogP contribution in [0.2, 0.25) is 0 Å². The van der Waals surface area contributed by atoms with E-state index in [1.807, 2.05) is 0 Å². The molecule has 0 atom stereocenters. The van der Waals surface area contributed by atoms with Crippen molar-refractivity contribution in [1.82, 2.24) is 10.2 Å². The maximum absolute atomic E-state index is 12.1. The minimum atomic E-state index is -0.859. The average Bonchev–Trinajstić information content (AvgIpc) is 2.98. The van der Waals surface area contributed by atoms with Crippen molar-refractivity contribution < 1.29 is 14.3 Å². The third-order valence-electron chi connectivity index (χ3n) is 4.09. The molecule has 1 N–H and O–H groups in total. The number of nitriles is 1. The summed E-state index contributed by atoms with van der Waals surface area (Å²) >= 11 is 0. The van der Waals surface area contributed by atoms with E-state index in [0.717, 1.165) is 12.8 Å². The minimum absolute atomic E-state index is 0.0334. The van der Waals surface area contributed by atoms with Crippen molar-refractivity contribution in [1.29, 1.82) is 5.26 Å². The Morgan fingerprint density at radius 2 is 1.90 bits per heavy atom. The molecule has 0 radical (unpaired) electrons. The zero-order chi connectivity index (χ0) is 14.4. The molecule has 1 aliphatic carbocycles. The average molecular weight is 279 g/mol. The van der Waals surface area contributed by atoms with E-state index in [4.69, 9.17) is 4.74 Å². The predicted octanol–water partition coefficient (Wildman–Crippen LogP) is 0.435. The topological polar surface area (TPSA) is 82.4 Å². The van der Waals surface area contributed by atoms with Gasteiger partial charge in [-0.1, -0.05) is 12.8 Å². The number of carbonyl (C=O) groups is 2. The van der Waals surface area contributed by atoms with Crippen LogP contribution in [0.4, 0.5) is 0 Å². The summed E-state index contributed by atoms with van der Waals surface area (Å²) in [5, 5.41) is 11.9. The van der Waals surface area contributed by atoms with Crippen molar-refractivity contribution in [3.8, 4) is 6.07 Å². The molecular formula is C14H21N3O3. The molecule has 6 heteroatoms. The highest BCUT2D eigenvalue weighted by Gasteiger charge is 2.41. The Morgan fingerprint density at radius 3 is 2.50 bits per heavy atom. The number of hydrogen-bond acceptors (Lipinski definition) is 4. The number of hydrogen-bond donors (Lipinski definition) is 1. The van der Waals surface area contributed by atoms with Crippen LogP contribution in [0.1, 0.15) is 32.1 Å². The first-order valence-electron chi connectivity index (χ1n) is 7.23. The van der Waals surface area contributed by atoms with Crippen LogP contribution < -0.4 is 5.32 Å². The molecule has 20 heavy (non-hydrogen) atoms. The highest BCUT2D eigenvalue weighted by molar-refractivity contribution is 5.86. The summed E-state index contributed by atoms with van der Waals surface area (Å²) in [5.74, 6) is -0.182. The molecule has 0 spiro atoms. The molecule has 0 aromatic rings. The number of nitrogens with zero attached hydrogens (tertiary/aromatic N) is 2. The summed E-state index contributed by atoms with van der Waals surface area (Å²) in [7, 11) is 0. The zero-order valence-electron chi connectivity index (χ0n) is 11.7. The summed E-state index contributed by atoms with van der Waals surface area (Å²) in [6.45, 7) is 2.70. The lowest BCUT2D eigenvalue weighted by Gasteiger charge is -2.27. The lowest BCUT2D eigenvalue weighted by molar-refractivity contribution is -0.135. The van der Waals surface area contributed by atoms with E-state index in [1.54, 1.807) is 4.90 Å². The first kappa shape index (κ1) is 14.8. The monoisotopic (exact) mass is 279 g/mol. The Kier molecular flexibility index (Phi) is 4.96. The van der Waals surface area contributed by atoms with Crippen LogP contribution in [0.3, 0.4) is 0 Å². The van der Waals surface area contributed by atoms with Gasteiger partial charge in [0.1, 0.15) is 5.41 Å². The van der Waals surface area contributed by atoms with Crippen LogP contribution in [-0.4, -0.2) is 49.6 Å². The van der Waals surface area contributed by atoms with Gasteiger partial charge in [-0.05, 0) is 12.8 Å². The van der Waals surface area contributed by atoms with E-state index in [0.29, 0.717) is 45.7 Å². The molecule has 2 fully saturated rings. The number of morpholine rings is 1. The van der Waals surface area contributed by atoms with Gasteiger partial charge in [-0.15, -0.1) is 0 Å². The van der Waals surface area contributed by atoms with Crippen molar-refractivity contribution in [3.05, 3.63) is 0 Å². The number of rotatable bonds is 4. The molecule has 2 aliphatic rings. The van der Waals surface area contributed by atoms with Crippen LogP contribution >= 0.6 is 0 Å². The normalized spacial score (nSPS) is 21.2. The van der Waals surface area contributed by atoms with Gasteiger partial charge < -0.3 is 15.0 Å². The van der Waals surface area contributed by atoms with Crippen molar-refractivity contribution >= 4 is 11.8 Å². The molecule has 2 rings (SSSR count). The molecule has 1 saturated heterocycles. The molecule has 6 nitrogen and oxygen atoms in total. The lowest BCUT2D eigenvalue weighted by atomic mass is 9.87. The molecule has 1 heterocycles. The van der Waals surface area contributed by atoms with Crippen LogP contribution in [-0.2, 0) is 14.3 Å². The third kappa shape index (κ3) is 3.28. The van der Waals surface area contributed by atoms with Crippen LogP contribution in [0.15, 0.2) is 0 Å². The molecule has 0 unspecified atom stereocenters. The van der Waals surface area contributed by atoms with Gasteiger partial charge in [-0.2, -0.15) is 5.26 Å². The molecule has 0 aromatic carbocycles. The first-order valence-corrected chi connectivity index (χ1v) is 7.23. The molecular weight excluding hydrogens is 258 g/mol. The predicted molar refractivity (Wildman–Crippen MR) is 71.5 cm³/mol. The molecule has 1 saturated carbocycles. The maximum atomic E-state index is 12.1. The SMILES string of the molecule is N#CC1(C(=O)NCCC(=O)N2CCOCC2)CCCC1. The van der Waals surface area contributed by atoms with Gasteiger partial charge in [0.25, 0.3) is 0 Å². The van der Waals surface area contributed by atoms with Crippen molar-refractivity contribution in [2.45, 2.75) is 32.1 Å². The number of carbonyl (C=O) groups excluding carboxylic acids is 2. The molecule has 0 aromatic heterocycles. The van der Waals surface area contributed by atoms with Gasteiger partial charge in [-0.3, -0.25) is 9.59 Å². The van der Waals surface area contributed by atoms with Gasteiger partial charge >= 0.3 is 0 Å². The Morgan fingerprint density at radius 1 is 1.25 bits per heavy atom. The van der Waals surface area contributed by atoms with E-state index >= 15 is 0 Å². The fraction of sp³-hybridized carbons (Fsp3) is 0.786. The van der Waals surface area contributed by atoms with E-state index in [9.17, 15) is 14.9 Å². The minimum Gasteiger partial charge on any atom is -0.378 e. The van der Waals surface area contributed by atoms with Crippen LogP contribution in [0.5, 0.6) is 0 Å². The highest BCUT2D eigenvalue weighted by atomic mass is 16.5. The maximum Gasteiger partial charge on any atom is 0.240 e. The smallest absolute Gasteiger partial charge is 0.240 e. The van der Waals surface area contributed by atoms with Crippen molar-refractivity contribution in [2.75, 3.05) is 32.8 Å². The second-order valence-electron chi connectivity index (χ2n) is 5.40. The summed E-state index contributed by atoms with van der Waals surface area (Å²) in [5.41, 5.74) is -0.859. The molecule has 110 valence electrons.